The maximum atomic E-state index is 13.1. The van der Waals surface area contributed by atoms with Crippen LogP contribution in [0.5, 0.6) is 11.5 Å². The number of rotatable bonds is 7. The summed E-state index contributed by atoms with van der Waals surface area (Å²) in [5, 5.41) is 13.1. The van der Waals surface area contributed by atoms with Crippen molar-refractivity contribution in [2.24, 2.45) is 0 Å². The number of nitrogens with one attached hydrogen (secondary N) is 1. The summed E-state index contributed by atoms with van der Waals surface area (Å²) >= 11 is 0. The average molecular weight is 523 g/mol. The van der Waals surface area contributed by atoms with E-state index in [1.807, 2.05) is 5.32 Å². The van der Waals surface area contributed by atoms with Gasteiger partial charge in [-0.1, -0.05) is 30.3 Å². The number of carbonyl (C=O) groups is 3. The fraction of sp³-hybridized carbons (Fsp3) is 0.0417. The summed E-state index contributed by atoms with van der Waals surface area (Å²) in [5.41, 5.74) is -0.666. The minimum absolute atomic E-state index is 0.0101. The van der Waals surface area contributed by atoms with Crippen LogP contribution in [-0.2, 0) is 19.7 Å². The molecule has 0 spiro atoms. The van der Waals surface area contributed by atoms with Crippen LogP contribution in [-0.4, -0.2) is 38.3 Å². The minimum atomic E-state index is -4.16. The Morgan fingerprint density at radius 3 is 2.35 bits per heavy atom. The molecule has 1 heterocycles. The molecular formula is C24H17N3O9S. The second-order valence-corrected chi connectivity index (χ2v) is 9.04. The first-order valence-corrected chi connectivity index (χ1v) is 11.8. The van der Waals surface area contributed by atoms with Gasteiger partial charge in [-0.2, -0.15) is 8.42 Å². The van der Waals surface area contributed by atoms with Crippen LogP contribution in [0, 0.1) is 10.1 Å². The summed E-state index contributed by atoms with van der Waals surface area (Å²) < 4.78 is 35.5. The Hall–Kier alpha value is -5.04. The van der Waals surface area contributed by atoms with Gasteiger partial charge in [0.2, 0.25) is 0 Å². The molecule has 1 N–H and O–H groups in total. The zero-order valence-electron chi connectivity index (χ0n) is 19.0. The third-order valence-corrected chi connectivity index (χ3v) is 6.38. The first-order chi connectivity index (χ1) is 17.6. The van der Waals surface area contributed by atoms with Crippen molar-refractivity contribution < 1.29 is 36.6 Å². The normalized spacial score (nSPS) is 14.9. The van der Waals surface area contributed by atoms with Crippen molar-refractivity contribution >= 4 is 45.4 Å². The van der Waals surface area contributed by atoms with Gasteiger partial charge in [-0.25, -0.2) is 9.69 Å². The van der Waals surface area contributed by atoms with Crippen molar-refractivity contribution in [1.82, 2.24) is 5.32 Å². The van der Waals surface area contributed by atoms with Gasteiger partial charge in [-0.05, 0) is 42.0 Å². The number of nitro groups is 1. The molecule has 12 nitrogen and oxygen atoms in total. The summed E-state index contributed by atoms with van der Waals surface area (Å²) in [6.45, 7) is 0. The molecule has 37 heavy (non-hydrogen) atoms. The van der Waals surface area contributed by atoms with Crippen molar-refractivity contribution in [2.45, 2.75) is 4.90 Å². The van der Waals surface area contributed by atoms with Crippen LogP contribution >= 0.6 is 0 Å². The summed E-state index contributed by atoms with van der Waals surface area (Å²) in [7, 11) is -2.89. The zero-order chi connectivity index (χ0) is 26.7. The summed E-state index contributed by atoms with van der Waals surface area (Å²) in [4.78, 5) is 48.8. The van der Waals surface area contributed by atoms with E-state index in [0.29, 0.717) is 4.90 Å². The highest BCUT2D eigenvalue weighted by molar-refractivity contribution is 7.87. The molecular weight excluding hydrogens is 506 g/mol. The molecule has 188 valence electrons. The molecule has 0 aliphatic carbocycles. The lowest BCUT2D eigenvalue weighted by Crippen LogP contribution is -2.54. The van der Waals surface area contributed by atoms with E-state index >= 15 is 0 Å². The van der Waals surface area contributed by atoms with Crippen LogP contribution in [0.2, 0.25) is 0 Å². The number of hydrogen-bond acceptors (Lipinski definition) is 9. The molecule has 4 amide bonds. The summed E-state index contributed by atoms with van der Waals surface area (Å²) in [5.74, 6) is -2.15. The van der Waals surface area contributed by atoms with E-state index in [1.54, 1.807) is 6.07 Å². The van der Waals surface area contributed by atoms with Gasteiger partial charge in [0, 0.05) is 12.1 Å². The van der Waals surface area contributed by atoms with Crippen molar-refractivity contribution in [1.29, 1.82) is 0 Å². The lowest BCUT2D eigenvalue weighted by Gasteiger charge is -2.26. The molecule has 1 aliphatic rings. The summed E-state index contributed by atoms with van der Waals surface area (Å²) in [6.07, 6.45) is 1.16. The number of carbonyl (C=O) groups excluding carboxylic acids is 3. The van der Waals surface area contributed by atoms with Gasteiger partial charge in [0.25, 0.3) is 17.5 Å². The van der Waals surface area contributed by atoms with Crippen LogP contribution < -0.4 is 19.1 Å². The maximum absolute atomic E-state index is 13.1. The quantitative estimate of drug-likeness (QED) is 0.161. The van der Waals surface area contributed by atoms with E-state index < -0.39 is 38.5 Å². The fourth-order valence-electron chi connectivity index (χ4n) is 3.40. The van der Waals surface area contributed by atoms with Crippen molar-refractivity contribution in [3.8, 4) is 11.5 Å². The number of benzene rings is 3. The number of barbiturate groups is 1. The standard InChI is InChI=1S/C24H17N3O9S/c1-35-21-13-15(10-11-20(21)36-37(33,34)18-8-3-2-4-9-18)12-19-22(28)25-24(30)26(23(19)29)16-6-5-7-17(14-16)27(31)32/h2-14H,1H3,(H,25,28,30)/b19-12+. The number of nitrogens with zero attached hydrogens (tertiary/aromatic N) is 2. The predicted octanol–water partition coefficient (Wildman–Crippen LogP) is 3.04. The van der Waals surface area contributed by atoms with Crippen molar-refractivity contribution in [3.05, 3.63) is 94.0 Å². The first-order valence-electron chi connectivity index (χ1n) is 10.4. The van der Waals surface area contributed by atoms with Crippen LogP contribution in [0.15, 0.2) is 83.3 Å². The smallest absolute Gasteiger partial charge is 0.339 e. The second-order valence-electron chi connectivity index (χ2n) is 7.50. The Labute approximate surface area is 210 Å². The molecule has 1 fully saturated rings. The monoisotopic (exact) mass is 523 g/mol. The Morgan fingerprint density at radius 2 is 1.68 bits per heavy atom. The first kappa shape index (κ1) is 25.1. The van der Waals surface area contributed by atoms with Crippen LogP contribution in [0.4, 0.5) is 16.2 Å². The number of ether oxygens (including phenoxy) is 1. The highest BCUT2D eigenvalue weighted by Gasteiger charge is 2.37. The Balaban J connectivity index is 1.67. The third-order valence-electron chi connectivity index (χ3n) is 5.13. The predicted molar refractivity (Wildman–Crippen MR) is 129 cm³/mol. The molecule has 0 atom stereocenters. The number of nitro benzene ring substituents is 1. The van der Waals surface area contributed by atoms with E-state index in [4.69, 9.17) is 8.92 Å². The molecule has 0 unspecified atom stereocenters. The lowest BCUT2D eigenvalue weighted by atomic mass is 10.1. The minimum Gasteiger partial charge on any atom is -0.493 e. The number of hydrogen-bond donors (Lipinski definition) is 1. The number of urea groups is 1. The molecule has 0 bridgehead atoms. The molecule has 4 rings (SSSR count). The number of anilines is 1. The fourth-order valence-corrected chi connectivity index (χ4v) is 4.36. The van der Waals surface area contributed by atoms with Gasteiger partial charge < -0.3 is 8.92 Å². The molecule has 0 radical (unpaired) electrons. The highest BCUT2D eigenvalue weighted by atomic mass is 32.2. The topological polar surface area (TPSA) is 162 Å². The van der Waals surface area contributed by atoms with Gasteiger partial charge in [-0.3, -0.25) is 25.0 Å². The number of non-ortho nitro benzene ring substituents is 1. The molecule has 13 heteroatoms. The largest absolute Gasteiger partial charge is 0.493 e. The van der Waals surface area contributed by atoms with E-state index in [9.17, 15) is 32.9 Å². The molecule has 0 saturated carbocycles. The van der Waals surface area contributed by atoms with Crippen molar-refractivity contribution in [2.75, 3.05) is 12.0 Å². The van der Waals surface area contributed by atoms with Gasteiger partial charge in [-0.15, -0.1) is 0 Å². The molecule has 1 saturated heterocycles. The number of imide groups is 2. The van der Waals surface area contributed by atoms with Gasteiger partial charge in [0.1, 0.15) is 10.5 Å². The molecule has 3 aromatic rings. The van der Waals surface area contributed by atoms with Gasteiger partial charge in [0.15, 0.2) is 11.5 Å². The highest BCUT2D eigenvalue weighted by Crippen LogP contribution is 2.32. The van der Waals surface area contributed by atoms with E-state index in [-0.39, 0.29) is 33.3 Å². The SMILES string of the molecule is COc1cc(/C=C2\C(=O)NC(=O)N(c3cccc([N+](=O)[O-])c3)C2=O)ccc1OS(=O)(=O)c1ccccc1. The zero-order valence-corrected chi connectivity index (χ0v) is 19.8. The van der Waals surface area contributed by atoms with Gasteiger partial charge in [0.05, 0.1) is 17.7 Å². The number of amides is 4. The van der Waals surface area contributed by atoms with Crippen LogP contribution in [0.3, 0.4) is 0 Å². The average Bonchev–Trinajstić information content (AvgIpc) is 2.87. The Bertz CT molecular complexity index is 1570. The van der Waals surface area contributed by atoms with E-state index in [0.717, 1.165) is 12.1 Å². The summed E-state index contributed by atoms with van der Waals surface area (Å²) in [6, 6.07) is 15.2. The number of methoxy groups -OCH3 is 1. The van der Waals surface area contributed by atoms with Crippen molar-refractivity contribution in [3.63, 3.8) is 0 Å². The lowest BCUT2D eigenvalue weighted by molar-refractivity contribution is -0.384. The van der Waals surface area contributed by atoms with Crippen LogP contribution in [0.25, 0.3) is 6.08 Å². The maximum Gasteiger partial charge on any atom is 0.339 e. The molecule has 3 aromatic carbocycles. The second kappa shape index (κ2) is 9.91. The molecule has 0 aromatic heterocycles. The third kappa shape index (κ3) is 5.16. The van der Waals surface area contributed by atoms with E-state index in [2.05, 4.69) is 0 Å². The molecule has 1 aliphatic heterocycles. The van der Waals surface area contributed by atoms with Gasteiger partial charge >= 0.3 is 16.1 Å². The van der Waals surface area contributed by atoms with Crippen LogP contribution in [0.1, 0.15) is 5.56 Å². The van der Waals surface area contributed by atoms with E-state index in [1.165, 1.54) is 67.8 Å². The Morgan fingerprint density at radius 1 is 0.946 bits per heavy atom. The Kier molecular flexibility index (Phi) is 6.71.